The van der Waals surface area contributed by atoms with Crippen molar-refractivity contribution < 1.29 is 8.42 Å². The van der Waals surface area contributed by atoms with Crippen molar-refractivity contribution in [2.45, 2.75) is 32.4 Å². The number of nitrogens with one attached hydrogen (secondary N) is 2. The van der Waals surface area contributed by atoms with E-state index >= 15 is 0 Å². The maximum Gasteiger partial charge on any atom is 0.191 e. The lowest BCUT2D eigenvalue weighted by atomic mass is 10.1. The first kappa shape index (κ1) is 22.7. The molecule has 1 aliphatic heterocycles. The molecule has 0 saturated carbocycles. The van der Waals surface area contributed by atoms with Crippen molar-refractivity contribution in [2.24, 2.45) is 4.99 Å². The van der Waals surface area contributed by atoms with Crippen LogP contribution in [0.2, 0.25) is 0 Å². The van der Waals surface area contributed by atoms with Crippen LogP contribution in [0.15, 0.2) is 16.4 Å². The van der Waals surface area contributed by atoms with Gasteiger partial charge in [-0.3, -0.25) is 9.89 Å². The summed E-state index contributed by atoms with van der Waals surface area (Å²) < 4.78 is 22.5. The van der Waals surface area contributed by atoms with Gasteiger partial charge in [0.05, 0.1) is 5.75 Å². The average Bonchev–Trinajstić information content (AvgIpc) is 2.99. The first-order valence-electron chi connectivity index (χ1n) is 8.30. The number of sulfone groups is 1. The van der Waals surface area contributed by atoms with Gasteiger partial charge < -0.3 is 10.6 Å². The number of nitrogens with zero attached hydrogens (tertiary/aromatic N) is 2. The molecule has 9 heteroatoms. The van der Waals surface area contributed by atoms with Gasteiger partial charge in [-0.05, 0) is 36.8 Å². The van der Waals surface area contributed by atoms with Gasteiger partial charge in [-0.25, -0.2) is 8.42 Å². The van der Waals surface area contributed by atoms with Crippen molar-refractivity contribution in [3.63, 3.8) is 0 Å². The van der Waals surface area contributed by atoms with E-state index in [0.717, 1.165) is 38.6 Å². The highest BCUT2D eigenvalue weighted by atomic mass is 127. The lowest BCUT2D eigenvalue weighted by molar-refractivity contribution is 0.260. The van der Waals surface area contributed by atoms with Crippen LogP contribution in [0.1, 0.15) is 23.8 Å². The Morgan fingerprint density at radius 3 is 2.92 bits per heavy atom. The fourth-order valence-corrected chi connectivity index (χ4v) is 4.39. The Labute approximate surface area is 172 Å². The summed E-state index contributed by atoms with van der Waals surface area (Å²) >= 11 is 1.86. The Hall–Kier alpha value is -0.390. The fraction of sp³-hybridized carbons (Fsp3) is 0.688. The lowest BCUT2D eigenvalue weighted by Crippen LogP contribution is -2.45. The van der Waals surface area contributed by atoms with Crippen molar-refractivity contribution in [1.82, 2.24) is 15.5 Å². The number of aliphatic imine (C=N–C) groups is 1. The Morgan fingerprint density at radius 1 is 1.48 bits per heavy atom. The van der Waals surface area contributed by atoms with E-state index in [2.05, 4.69) is 32.0 Å². The predicted molar refractivity (Wildman–Crippen MR) is 117 cm³/mol. The van der Waals surface area contributed by atoms with E-state index in [9.17, 15) is 8.42 Å². The lowest BCUT2D eigenvalue weighted by Gasteiger charge is -2.27. The number of hydrogen-bond donors (Lipinski definition) is 2. The van der Waals surface area contributed by atoms with Crippen LogP contribution in [0, 0.1) is 0 Å². The SMILES string of the molecule is CN=C(NCCN1CCc2sccc2C1)NC(C)CCS(C)(=O)=O.I. The molecular weight excluding hydrogens is 471 g/mol. The van der Waals surface area contributed by atoms with E-state index in [1.807, 2.05) is 18.3 Å². The molecule has 2 heterocycles. The van der Waals surface area contributed by atoms with Gasteiger partial charge in [0.15, 0.2) is 5.96 Å². The van der Waals surface area contributed by atoms with Crippen LogP contribution >= 0.6 is 35.3 Å². The van der Waals surface area contributed by atoms with E-state index in [4.69, 9.17) is 0 Å². The second kappa shape index (κ2) is 10.7. The summed E-state index contributed by atoms with van der Waals surface area (Å²) in [5, 5.41) is 8.74. The minimum absolute atomic E-state index is 0. The summed E-state index contributed by atoms with van der Waals surface area (Å²) in [7, 11) is -1.19. The molecule has 25 heavy (non-hydrogen) atoms. The zero-order valence-electron chi connectivity index (χ0n) is 15.1. The van der Waals surface area contributed by atoms with Gasteiger partial charge in [0.1, 0.15) is 9.84 Å². The maximum absolute atomic E-state index is 11.2. The molecule has 0 spiro atoms. The molecular formula is C16H29IN4O2S2. The zero-order valence-corrected chi connectivity index (χ0v) is 19.1. The van der Waals surface area contributed by atoms with Crippen LogP contribution in [-0.2, 0) is 22.8 Å². The fourth-order valence-electron chi connectivity index (χ4n) is 2.72. The van der Waals surface area contributed by atoms with Crippen LogP contribution in [0.3, 0.4) is 0 Å². The van der Waals surface area contributed by atoms with Crippen LogP contribution in [0.4, 0.5) is 0 Å². The van der Waals surface area contributed by atoms with Crippen molar-refractivity contribution >= 4 is 51.1 Å². The summed E-state index contributed by atoms with van der Waals surface area (Å²) in [5.41, 5.74) is 1.46. The predicted octanol–water partition coefficient (Wildman–Crippen LogP) is 1.71. The number of thiophene rings is 1. The second-order valence-corrected chi connectivity index (χ2v) is 9.62. The van der Waals surface area contributed by atoms with Gasteiger partial charge in [-0.2, -0.15) is 0 Å². The van der Waals surface area contributed by atoms with E-state index in [1.165, 1.54) is 16.7 Å². The van der Waals surface area contributed by atoms with Crippen LogP contribution in [-0.4, -0.2) is 64.0 Å². The number of fused-ring (bicyclic) bond motifs is 1. The van der Waals surface area contributed by atoms with E-state index < -0.39 is 9.84 Å². The Kier molecular flexibility index (Phi) is 9.68. The smallest absolute Gasteiger partial charge is 0.191 e. The van der Waals surface area contributed by atoms with Crippen LogP contribution in [0.5, 0.6) is 0 Å². The summed E-state index contributed by atoms with van der Waals surface area (Å²) in [6.07, 6.45) is 2.99. The number of halogens is 1. The Bertz CT molecular complexity index is 661. The van der Waals surface area contributed by atoms with Gasteiger partial charge in [0.2, 0.25) is 0 Å². The minimum atomic E-state index is -2.92. The molecule has 1 unspecified atom stereocenters. The topological polar surface area (TPSA) is 73.8 Å². The molecule has 144 valence electrons. The molecule has 1 aromatic heterocycles. The van der Waals surface area contributed by atoms with E-state index in [-0.39, 0.29) is 35.8 Å². The Balaban J connectivity index is 0.00000312. The minimum Gasteiger partial charge on any atom is -0.355 e. The third-order valence-electron chi connectivity index (χ3n) is 4.14. The van der Waals surface area contributed by atoms with Crippen molar-refractivity contribution in [3.05, 3.63) is 21.9 Å². The molecule has 1 aliphatic rings. The highest BCUT2D eigenvalue weighted by Gasteiger charge is 2.16. The first-order chi connectivity index (χ1) is 11.4. The average molecular weight is 500 g/mol. The number of guanidine groups is 1. The third-order valence-corrected chi connectivity index (χ3v) is 6.14. The zero-order chi connectivity index (χ0) is 17.6. The standard InChI is InChI=1S/C16H28N4O2S2.HI/c1-13(6-11-24(3,21)22)19-16(17-2)18-7-9-20-8-4-15-14(12-20)5-10-23-15;/h5,10,13H,4,6-9,11-12H2,1-3H3,(H2,17,18,19);1H. The molecule has 6 nitrogen and oxygen atoms in total. The van der Waals surface area contributed by atoms with E-state index in [1.54, 1.807) is 7.05 Å². The van der Waals surface area contributed by atoms with Gasteiger partial charge in [0, 0.05) is 50.4 Å². The van der Waals surface area contributed by atoms with Gasteiger partial charge in [0.25, 0.3) is 0 Å². The van der Waals surface area contributed by atoms with Crippen molar-refractivity contribution in [3.8, 4) is 0 Å². The molecule has 1 atom stereocenters. The molecule has 0 aromatic carbocycles. The van der Waals surface area contributed by atoms with Crippen molar-refractivity contribution in [1.29, 1.82) is 0 Å². The highest BCUT2D eigenvalue weighted by molar-refractivity contribution is 14.0. The van der Waals surface area contributed by atoms with Crippen LogP contribution in [0.25, 0.3) is 0 Å². The second-order valence-electron chi connectivity index (χ2n) is 6.36. The molecule has 0 aliphatic carbocycles. The summed E-state index contributed by atoms with van der Waals surface area (Å²) in [4.78, 5) is 8.18. The number of rotatable bonds is 7. The van der Waals surface area contributed by atoms with Crippen molar-refractivity contribution in [2.75, 3.05) is 38.7 Å². The molecule has 2 rings (SSSR count). The normalized spacial score (nSPS) is 16.7. The highest BCUT2D eigenvalue weighted by Crippen LogP contribution is 2.23. The molecule has 0 radical (unpaired) electrons. The monoisotopic (exact) mass is 500 g/mol. The third kappa shape index (κ3) is 8.23. The molecule has 0 fully saturated rings. The number of hydrogen-bond acceptors (Lipinski definition) is 5. The summed E-state index contributed by atoms with van der Waals surface area (Å²) in [5.74, 6) is 0.916. The summed E-state index contributed by atoms with van der Waals surface area (Å²) in [6, 6.07) is 2.29. The van der Waals surface area contributed by atoms with Crippen LogP contribution < -0.4 is 10.6 Å². The largest absolute Gasteiger partial charge is 0.355 e. The quantitative estimate of drug-likeness (QED) is 0.339. The summed E-state index contributed by atoms with van der Waals surface area (Å²) in [6.45, 7) is 5.88. The maximum atomic E-state index is 11.2. The van der Waals surface area contributed by atoms with E-state index in [0.29, 0.717) is 6.42 Å². The Morgan fingerprint density at radius 2 is 2.24 bits per heavy atom. The van der Waals surface area contributed by atoms with Gasteiger partial charge in [-0.15, -0.1) is 35.3 Å². The molecule has 2 N–H and O–H groups in total. The molecule has 1 aromatic rings. The first-order valence-corrected chi connectivity index (χ1v) is 11.2. The molecule has 0 amide bonds. The van der Waals surface area contributed by atoms with Gasteiger partial charge >= 0.3 is 0 Å². The molecule has 0 bridgehead atoms. The van der Waals surface area contributed by atoms with Gasteiger partial charge in [-0.1, -0.05) is 0 Å². The molecule has 0 saturated heterocycles.